The molecule has 104 valence electrons. The average Bonchev–Trinajstić information content (AvgIpc) is 2.45. The molecule has 0 radical (unpaired) electrons. The lowest BCUT2D eigenvalue weighted by molar-refractivity contribution is 0.103. The molecule has 0 unspecified atom stereocenters. The van der Waals surface area contributed by atoms with Crippen LogP contribution in [-0.4, -0.2) is 5.78 Å². The van der Waals surface area contributed by atoms with Gasteiger partial charge in [0.25, 0.3) is 0 Å². The topological polar surface area (TPSA) is 17.1 Å². The van der Waals surface area contributed by atoms with Crippen molar-refractivity contribution in [3.63, 3.8) is 0 Å². The summed E-state index contributed by atoms with van der Waals surface area (Å²) in [6.45, 7) is 2.14. The smallest absolute Gasteiger partial charge is 0.195 e. The monoisotopic (exact) mass is 290 g/mol. The van der Waals surface area contributed by atoms with Crippen molar-refractivity contribution in [2.24, 2.45) is 0 Å². The van der Waals surface area contributed by atoms with E-state index in [9.17, 15) is 9.18 Å². The first kappa shape index (κ1) is 14.7. The summed E-state index contributed by atoms with van der Waals surface area (Å²) in [6.07, 6.45) is 3.26. The summed E-state index contributed by atoms with van der Waals surface area (Å²) in [4.78, 5) is 12.2. The van der Waals surface area contributed by atoms with E-state index in [2.05, 4.69) is 6.92 Å². The first-order valence-electron chi connectivity index (χ1n) is 6.70. The first-order chi connectivity index (χ1) is 9.61. The molecule has 1 nitrogen and oxygen atoms in total. The van der Waals surface area contributed by atoms with E-state index in [1.807, 2.05) is 12.1 Å². The summed E-state index contributed by atoms with van der Waals surface area (Å²) >= 11 is 5.69. The van der Waals surface area contributed by atoms with Gasteiger partial charge in [0, 0.05) is 10.6 Å². The van der Waals surface area contributed by atoms with E-state index >= 15 is 0 Å². The third kappa shape index (κ3) is 3.45. The maximum atomic E-state index is 13.7. The zero-order valence-electron chi connectivity index (χ0n) is 11.3. The molecule has 0 N–H and O–H groups in total. The summed E-state index contributed by atoms with van der Waals surface area (Å²) < 4.78 is 13.7. The second-order valence-corrected chi connectivity index (χ2v) is 5.19. The van der Waals surface area contributed by atoms with Gasteiger partial charge in [-0.3, -0.25) is 4.79 Å². The fraction of sp³-hybridized carbons (Fsp3) is 0.235. The van der Waals surface area contributed by atoms with Crippen molar-refractivity contribution in [2.75, 3.05) is 0 Å². The van der Waals surface area contributed by atoms with Gasteiger partial charge in [0.2, 0.25) is 0 Å². The number of hydrogen-bond acceptors (Lipinski definition) is 1. The van der Waals surface area contributed by atoms with Crippen LogP contribution in [0.2, 0.25) is 5.02 Å². The summed E-state index contributed by atoms with van der Waals surface area (Å²) in [7, 11) is 0. The van der Waals surface area contributed by atoms with E-state index in [-0.39, 0.29) is 16.4 Å². The molecular formula is C17H16ClFO. The Morgan fingerprint density at radius 3 is 2.45 bits per heavy atom. The molecule has 2 aromatic rings. The molecule has 0 saturated heterocycles. The zero-order chi connectivity index (χ0) is 14.5. The number of rotatable bonds is 5. The van der Waals surface area contributed by atoms with Gasteiger partial charge >= 0.3 is 0 Å². The number of unbranched alkanes of at least 4 members (excludes halogenated alkanes) is 1. The number of hydrogen-bond donors (Lipinski definition) is 0. The van der Waals surface area contributed by atoms with E-state index in [0.717, 1.165) is 25.3 Å². The SMILES string of the molecule is CCCCc1ccc(C(=O)c2ccc(Cl)cc2F)cc1. The molecule has 0 fully saturated rings. The average molecular weight is 291 g/mol. The van der Waals surface area contributed by atoms with Crippen molar-refractivity contribution in [3.05, 3.63) is 70.0 Å². The molecule has 0 atom stereocenters. The Hall–Kier alpha value is -1.67. The summed E-state index contributed by atoms with van der Waals surface area (Å²) in [5.41, 5.74) is 1.74. The molecule has 0 aliphatic heterocycles. The molecule has 0 aliphatic carbocycles. The molecule has 0 bridgehead atoms. The molecule has 0 heterocycles. The van der Waals surface area contributed by atoms with E-state index in [1.54, 1.807) is 12.1 Å². The fourth-order valence-electron chi connectivity index (χ4n) is 2.03. The number of halogens is 2. The maximum Gasteiger partial charge on any atom is 0.195 e. The van der Waals surface area contributed by atoms with Crippen LogP contribution in [-0.2, 0) is 6.42 Å². The van der Waals surface area contributed by atoms with Gasteiger partial charge < -0.3 is 0 Å². The molecule has 0 aromatic heterocycles. The Kier molecular flexibility index (Phi) is 4.91. The van der Waals surface area contributed by atoms with Crippen LogP contribution in [0.3, 0.4) is 0 Å². The van der Waals surface area contributed by atoms with Crippen LogP contribution < -0.4 is 0 Å². The van der Waals surface area contributed by atoms with Gasteiger partial charge in [-0.1, -0.05) is 49.2 Å². The molecule has 20 heavy (non-hydrogen) atoms. The summed E-state index contributed by atoms with van der Waals surface area (Å²) in [6, 6.07) is 11.5. The number of carbonyl (C=O) groups excluding carboxylic acids is 1. The van der Waals surface area contributed by atoms with Gasteiger partial charge in [0.1, 0.15) is 5.82 Å². The zero-order valence-corrected chi connectivity index (χ0v) is 12.1. The first-order valence-corrected chi connectivity index (χ1v) is 7.08. The van der Waals surface area contributed by atoms with Gasteiger partial charge in [-0.05, 0) is 36.6 Å². The number of ketones is 1. The highest BCUT2D eigenvalue weighted by Crippen LogP contribution is 2.18. The molecule has 0 amide bonds. The molecule has 0 spiro atoms. The van der Waals surface area contributed by atoms with Gasteiger partial charge in [-0.2, -0.15) is 0 Å². The van der Waals surface area contributed by atoms with Crippen LogP contribution in [0.15, 0.2) is 42.5 Å². The quantitative estimate of drug-likeness (QED) is 0.704. The van der Waals surface area contributed by atoms with E-state index in [1.165, 1.54) is 17.7 Å². The Morgan fingerprint density at radius 2 is 1.85 bits per heavy atom. The van der Waals surface area contributed by atoms with Crippen molar-refractivity contribution < 1.29 is 9.18 Å². The minimum atomic E-state index is -0.586. The van der Waals surface area contributed by atoms with Crippen LogP contribution in [0.5, 0.6) is 0 Å². The lowest BCUT2D eigenvalue weighted by atomic mass is 10.00. The van der Waals surface area contributed by atoms with E-state index < -0.39 is 5.82 Å². The van der Waals surface area contributed by atoms with Crippen LogP contribution in [0.25, 0.3) is 0 Å². The number of benzene rings is 2. The largest absolute Gasteiger partial charge is 0.288 e. The van der Waals surface area contributed by atoms with Gasteiger partial charge in [0.15, 0.2) is 5.78 Å². The van der Waals surface area contributed by atoms with Crippen molar-refractivity contribution in [2.45, 2.75) is 26.2 Å². The second kappa shape index (κ2) is 6.67. The highest BCUT2D eigenvalue weighted by Gasteiger charge is 2.14. The van der Waals surface area contributed by atoms with Crippen molar-refractivity contribution in [1.29, 1.82) is 0 Å². The highest BCUT2D eigenvalue weighted by molar-refractivity contribution is 6.30. The van der Waals surface area contributed by atoms with Crippen molar-refractivity contribution in [3.8, 4) is 0 Å². The highest BCUT2D eigenvalue weighted by atomic mass is 35.5. The molecular weight excluding hydrogens is 275 g/mol. The summed E-state index contributed by atoms with van der Waals surface area (Å²) in [5, 5.41) is 0.286. The number of aryl methyl sites for hydroxylation is 1. The van der Waals surface area contributed by atoms with Gasteiger partial charge in [0.05, 0.1) is 5.56 Å². The maximum absolute atomic E-state index is 13.7. The molecule has 3 heteroatoms. The molecule has 2 rings (SSSR count). The van der Waals surface area contributed by atoms with Crippen LogP contribution >= 0.6 is 11.6 Å². The lowest BCUT2D eigenvalue weighted by Crippen LogP contribution is -2.04. The minimum Gasteiger partial charge on any atom is -0.288 e. The Balaban J connectivity index is 2.20. The third-order valence-corrected chi connectivity index (χ3v) is 3.45. The van der Waals surface area contributed by atoms with Gasteiger partial charge in [-0.25, -0.2) is 4.39 Å². The molecule has 2 aromatic carbocycles. The second-order valence-electron chi connectivity index (χ2n) is 4.75. The van der Waals surface area contributed by atoms with E-state index in [4.69, 9.17) is 11.6 Å². The Labute approximate surface area is 123 Å². The van der Waals surface area contributed by atoms with Crippen LogP contribution in [0, 0.1) is 5.82 Å². The number of carbonyl (C=O) groups is 1. The normalized spacial score (nSPS) is 10.6. The molecule has 0 saturated carbocycles. The minimum absolute atomic E-state index is 0.0516. The van der Waals surface area contributed by atoms with Crippen LogP contribution in [0.1, 0.15) is 41.3 Å². The molecule has 0 aliphatic rings. The van der Waals surface area contributed by atoms with Gasteiger partial charge in [-0.15, -0.1) is 0 Å². The standard InChI is InChI=1S/C17H16ClFO/c1-2-3-4-12-5-7-13(8-6-12)17(20)15-10-9-14(18)11-16(15)19/h5-11H,2-4H2,1H3. The lowest BCUT2D eigenvalue weighted by Gasteiger charge is -2.05. The fourth-order valence-corrected chi connectivity index (χ4v) is 2.19. The predicted molar refractivity (Wildman–Crippen MR) is 79.9 cm³/mol. The third-order valence-electron chi connectivity index (χ3n) is 3.21. The van der Waals surface area contributed by atoms with Crippen LogP contribution in [0.4, 0.5) is 4.39 Å². The van der Waals surface area contributed by atoms with E-state index in [0.29, 0.717) is 5.56 Å². The Morgan fingerprint density at radius 1 is 1.15 bits per heavy atom. The van der Waals surface area contributed by atoms with Crippen molar-refractivity contribution >= 4 is 17.4 Å². The Bertz CT molecular complexity index is 605. The summed E-state index contributed by atoms with van der Waals surface area (Å²) in [5.74, 6) is -0.904. The van der Waals surface area contributed by atoms with Crippen molar-refractivity contribution in [1.82, 2.24) is 0 Å². The predicted octanol–water partition coefficient (Wildman–Crippen LogP) is 5.05.